The molecule has 0 spiro atoms. The molecule has 3 aromatic carbocycles. The normalized spacial score (nSPS) is 17.5. The van der Waals surface area contributed by atoms with Gasteiger partial charge in [-0.2, -0.15) is 0 Å². The Morgan fingerprint density at radius 1 is 0.966 bits per heavy atom. The Morgan fingerprint density at radius 3 is 2.62 bits per heavy atom. The summed E-state index contributed by atoms with van der Waals surface area (Å²) in [6, 6.07) is 21.1. The molecular weight excluding hydrogens is 382 g/mol. The zero-order valence-electron chi connectivity index (χ0n) is 15.3. The zero-order valence-corrected chi connectivity index (χ0v) is 16.1. The molecule has 29 heavy (non-hydrogen) atoms. The number of carbonyl (C=O) groups excluding carboxylic acids is 2. The van der Waals surface area contributed by atoms with Crippen LogP contribution in [-0.4, -0.2) is 23.5 Å². The van der Waals surface area contributed by atoms with Gasteiger partial charge in [0.05, 0.1) is 17.6 Å². The highest BCUT2D eigenvalue weighted by molar-refractivity contribution is 7.80. The van der Waals surface area contributed by atoms with Crippen molar-refractivity contribution >= 4 is 51.2 Å². The first-order valence-corrected chi connectivity index (χ1v) is 9.56. The lowest BCUT2D eigenvalue weighted by atomic mass is 10.0. The molecule has 6 heteroatoms. The molecule has 5 rings (SSSR count). The number of benzene rings is 3. The van der Waals surface area contributed by atoms with E-state index in [-0.39, 0.29) is 10.7 Å². The fourth-order valence-electron chi connectivity index (χ4n) is 3.72. The Hall–Kier alpha value is -3.64. The highest BCUT2D eigenvalue weighted by atomic mass is 32.1. The average molecular weight is 397 g/mol. The molecule has 0 aromatic heterocycles. The zero-order chi connectivity index (χ0) is 20.0. The van der Waals surface area contributed by atoms with Gasteiger partial charge in [0.2, 0.25) is 0 Å². The molecule has 3 aromatic rings. The molecule has 140 valence electrons. The molecule has 1 fully saturated rings. The maximum Gasteiger partial charge on any atom is 0.270 e. The summed E-state index contributed by atoms with van der Waals surface area (Å²) >= 11 is 5.35. The molecule has 2 heterocycles. The van der Waals surface area contributed by atoms with E-state index in [1.54, 1.807) is 6.08 Å². The van der Waals surface area contributed by atoms with E-state index in [1.807, 2.05) is 66.7 Å². The first kappa shape index (κ1) is 17.5. The molecule has 1 saturated heterocycles. The van der Waals surface area contributed by atoms with Crippen molar-refractivity contribution in [1.29, 1.82) is 0 Å². The summed E-state index contributed by atoms with van der Waals surface area (Å²) in [5, 5.41) is 6.41. The first-order valence-electron chi connectivity index (χ1n) is 9.15. The maximum absolute atomic E-state index is 13.4. The molecule has 2 amide bonds. The fourth-order valence-corrected chi connectivity index (χ4v) is 3.99. The number of anilines is 1. The predicted octanol–water partition coefficient (Wildman–Crippen LogP) is 2.00. The van der Waals surface area contributed by atoms with E-state index in [0.29, 0.717) is 12.2 Å². The lowest BCUT2D eigenvalue weighted by Crippen LogP contribution is -2.54. The minimum atomic E-state index is -0.492. The Bertz CT molecular complexity index is 1370. The highest BCUT2D eigenvalue weighted by Crippen LogP contribution is 2.29. The van der Waals surface area contributed by atoms with Crippen molar-refractivity contribution in [2.45, 2.75) is 0 Å². The van der Waals surface area contributed by atoms with Crippen LogP contribution in [0.25, 0.3) is 16.3 Å². The highest BCUT2D eigenvalue weighted by Gasteiger charge is 2.35. The number of thiocarbonyl (C=S) groups is 1. The standard InChI is InChI=1S/C23H15N3O2S/c27-21-18(12-15-13-24-19-10-4-3-8-16(15)19)22(28)26(23(29)25-21)20-11-5-7-14-6-1-2-9-17(14)20/h1-12H,13H2,(H,25,27,29)/b18-12+. The quantitative estimate of drug-likeness (QED) is 0.409. The van der Waals surface area contributed by atoms with Gasteiger partial charge >= 0.3 is 0 Å². The van der Waals surface area contributed by atoms with Crippen LogP contribution in [0, 0.1) is 0 Å². The molecule has 0 radical (unpaired) electrons. The van der Waals surface area contributed by atoms with Crippen molar-refractivity contribution in [3.8, 4) is 0 Å². The van der Waals surface area contributed by atoms with Gasteiger partial charge < -0.3 is 0 Å². The number of fused-ring (bicyclic) bond motifs is 2. The number of nitrogens with one attached hydrogen (secondary N) is 1. The lowest BCUT2D eigenvalue weighted by Gasteiger charge is -2.29. The van der Waals surface area contributed by atoms with Crippen LogP contribution in [0.5, 0.6) is 0 Å². The summed E-state index contributed by atoms with van der Waals surface area (Å²) in [5.41, 5.74) is 1.53. The molecule has 2 aliphatic rings. The van der Waals surface area contributed by atoms with Crippen LogP contribution in [0.3, 0.4) is 0 Å². The van der Waals surface area contributed by atoms with Gasteiger partial charge in [-0.3, -0.25) is 24.8 Å². The van der Waals surface area contributed by atoms with E-state index >= 15 is 0 Å². The second-order valence-electron chi connectivity index (χ2n) is 6.81. The van der Waals surface area contributed by atoms with Crippen LogP contribution < -0.4 is 20.8 Å². The average Bonchev–Trinajstić information content (AvgIpc) is 3.14. The van der Waals surface area contributed by atoms with Gasteiger partial charge in [0.25, 0.3) is 11.8 Å². The molecule has 0 saturated carbocycles. The Morgan fingerprint density at radius 2 is 1.72 bits per heavy atom. The molecule has 0 bridgehead atoms. The van der Waals surface area contributed by atoms with Crippen LogP contribution >= 0.6 is 12.2 Å². The van der Waals surface area contributed by atoms with Gasteiger partial charge in [0, 0.05) is 10.6 Å². The first-order chi connectivity index (χ1) is 14.1. The summed E-state index contributed by atoms with van der Waals surface area (Å²) < 4.78 is 0. The summed E-state index contributed by atoms with van der Waals surface area (Å²) in [4.78, 5) is 31.8. The molecule has 0 aliphatic carbocycles. The topological polar surface area (TPSA) is 61.8 Å². The van der Waals surface area contributed by atoms with E-state index in [2.05, 4.69) is 10.3 Å². The number of amides is 2. The summed E-state index contributed by atoms with van der Waals surface area (Å²) in [6.07, 6.45) is 1.63. The number of hydrogen-bond donors (Lipinski definition) is 1. The Kier molecular flexibility index (Phi) is 4.07. The largest absolute Gasteiger partial charge is 0.298 e. The number of carbonyl (C=O) groups is 2. The van der Waals surface area contributed by atoms with Gasteiger partial charge in [0.1, 0.15) is 5.57 Å². The van der Waals surface area contributed by atoms with Crippen molar-refractivity contribution in [2.75, 3.05) is 11.4 Å². The van der Waals surface area contributed by atoms with Crippen LogP contribution in [0.15, 0.2) is 83.4 Å². The SMILES string of the molecule is O=C1NC(=S)N(c2cccc3ccccc23)C(=O)/C1=C/C1=c2ccccc2=NC1. The van der Waals surface area contributed by atoms with E-state index < -0.39 is 11.8 Å². The summed E-state index contributed by atoms with van der Waals surface area (Å²) in [5.74, 6) is -0.930. The third kappa shape index (κ3) is 2.85. The molecule has 1 N–H and O–H groups in total. The number of nitrogens with zero attached hydrogens (tertiary/aromatic N) is 2. The summed E-state index contributed by atoms with van der Waals surface area (Å²) in [6.45, 7) is 0.433. The van der Waals surface area contributed by atoms with Gasteiger partial charge in [-0.25, -0.2) is 0 Å². The maximum atomic E-state index is 13.4. The van der Waals surface area contributed by atoms with Crippen LogP contribution in [0.1, 0.15) is 0 Å². The van der Waals surface area contributed by atoms with Gasteiger partial charge in [-0.15, -0.1) is 0 Å². The van der Waals surface area contributed by atoms with Crippen LogP contribution in [0.2, 0.25) is 0 Å². The van der Waals surface area contributed by atoms with Gasteiger partial charge in [-0.1, -0.05) is 54.6 Å². The van der Waals surface area contributed by atoms with E-state index in [9.17, 15) is 9.59 Å². The predicted molar refractivity (Wildman–Crippen MR) is 116 cm³/mol. The molecule has 2 aliphatic heterocycles. The van der Waals surface area contributed by atoms with Crippen molar-refractivity contribution < 1.29 is 9.59 Å². The van der Waals surface area contributed by atoms with Gasteiger partial charge in [-0.05, 0) is 41.4 Å². The smallest absolute Gasteiger partial charge is 0.270 e. The fraction of sp³-hybridized carbons (Fsp3) is 0.0435. The number of para-hydroxylation sites is 1. The van der Waals surface area contributed by atoms with Crippen LogP contribution in [0.4, 0.5) is 5.69 Å². The van der Waals surface area contributed by atoms with Gasteiger partial charge in [0.15, 0.2) is 5.11 Å². The Balaban J connectivity index is 1.65. The third-order valence-electron chi connectivity index (χ3n) is 5.10. The third-order valence-corrected chi connectivity index (χ3v) is 5.38. The minimum Gasteiger partial charge on any atom is -0.298 e. The number of rotatable bonds is 2. The monoisotopic (exact) mass is 397 g/mol. The van der Waals surface area contributed by atoms with Crippen molar-refractivity contribution in [2.24, 2.45) is 4.99 Å². The molecule has 5 nitrogen and oxygen atoms in total. The molecule has 0 unspecified atom stereocenters. The van der Waals surface area contributed by atoms with Crippen LogP contribution in [-0.2, 0) is 9.59 Å². The minimum absolute atomic E-state index is 0.0495. The van der Waals surface area contributed by atoms with E-state index in [1.165, 1.54) is 4.90 Å². The summed E-state index contributed by atoms with van der Waals surface area (Å²) in [7, 11) is 0. The van der Waals surface area contributed by atoms with Crippen molar-refractivity contribution in [3.05, 3.63) is 89.0 Å². The van der Waals surface area contributed by atoms with E-state index in [4.69, 9.17) is 12.2 Å². The molecular formula is C23H15N3O2S. The second-order valence-corrected chi connectivity index (χ2v) is 7.20. The second kappa shape index (κ2) is 6.76. The number of hydrogen-bond acceptors (Lipinski definition) is 4. The van der Waals surface area contributed by atoms with Crippen molar-refractivity contribution in [3.63, 3.8) is 0 Å². The van der Waals surface area contributed by atoms with E-state index in [0.717, 1.165) is 26.9 Å². The lowest BCUT2D eigenvalue weighted by molar-refractivity contribution is -0.122. The molecule has 0 atom stereocenters. The van der Waals surface area contributed by atoms with Crippen molar-refractivity contribution in [1.82, 2.24) is 5.32 Å². The Labute approximate surface area is 171 Å².